The number of halogens is 4. The second kappa shape index (κ2) is 8.32. The van der Waals surface area contributed by atoms with Gasteiger partial charge in [-0.2, -0.15) is 0 Å². The molecule has 2 bridgehead atoms. The Morgan fingerprint density at radius 3 is 2.61 bits per heavy atom. The van der Waals surface area contributed by atoms with Crippen LogP contribution in [0, 0.1) is 5.82 Å². The average Bonchev–Trinajstić information content (AvgIpc) is 3.46. The number of likely N-dealkylation sites (tertiary alicyclic amines) is 2. The van der Waals surface area contributed by atoms with Crippen molar-refractivity contribution in [3.8, 4) is 0 Å². The topological polar surface area (TPSA) is 64.6 Å². The third-order valence-corrected chi connectivity index (χ3v) is 7.07. The molecule has 0 spiro atoms. The minimum Gasteiger partial charge on any atom is -0.363 e. The Labute approximate surface area is 194 Å². The van der Waals surface area contributed by atoms with Crippen LogP contribution in [0.15, 0.2) is 18.2 Å². The molecule has 3 aliphatic heterocycles. The molecule has 0 radical (unpaired) electrons. The molecule has 3 atom stereocenters. The molecule has 5 rings (SSSR count). The number of benzene rings is 1. The largest absolute Gasteiger partial charge is 0.363 e. The van der Waals surface area contributed by atoms with Gasteiger partial charge < -0.3 is 15.1 Å². The summed E-state index contributed by atoms with van der Waals surface area (Å²) in [5, 5.41) is 3.09. The van der Waals surface area contributed by atoms with Gasteiger partial charge in [-0.3, -0.25) is 4.90 Å². The molecule has 1 aromatic heterocycles. The quantitative estimate of drug-likeness (QED) is 0.664. The van der Waals surface area contributed by atoms with Gasteiger partial charge in [0.1, 0.15) is 11.6 Å². The molecule has 7 nitrogen and oxygen atoms in total. The summed E-state index contributed by atoms with van der Waals surface area (Å²) in [6, 6.07) is 3.84. The van der Waals surface area contributed by atoms with Crippen molar-refractivity contribution in [2.75, 3.05) is 25.5 Å². The van der Waals surface area contributed by atoms with Crippen molar-refractivity contribution in [2.24, 2.45) is 0 Å². The van der Waals surface area contributed by atoms with E-state index in [2.05, 4.69) is 27.2 Å². The van der Waals surface area contributed by atoms with Crippen molar-refractivity contribution in [2.45, 2.75) is 51.0 Å². The molecule has 3 aliphatic rings. The number of hydrogen-bond acceptors (Lipinski definition) is 5. The number of carbonyl (C=O) groups is 1. The fourth-order valence-electron chi connectivity index (χ4n) is 5.12. The number of anilines is 1. The highest BCUT2D eigenvalue weighted by atomic mass is 35.5. The lowest BCUT2D eigenvalue weighted by Gasteiger charge is -2.34. The number of urea groups is 1. The van der Waals surface area contributed by atoms with Crippen LogP contribution in [-0.4, -0.2) is 62.9 Å². The summed E-state index contributed by atoms with van der Waals surface area (Å²) in [5.41, 5.74) is 0.779. The van der Waals surface area contributed by atoms with Crippen molar-refractivity contribution in [1.82, 2.24) is 24.7 Å². The minimum atomic E-state index is -2.91. The molecule has 33 heavy (non-hydrogen) atoms. The van der Waals surface area contributed by atoms with Crippen LogP contribution < -0.4 is 5.32 Å². The van der Waals surface area contributed by atoms with Gasteiger partial charge in [0.15, 0.2) is 0 Å². The van der Waals surface area contributed by atoms with Gasteiger partial charge in [0, 0.05) is 36.3 Å². The molecule has 2 fully saturated rings. The Balaban J connectivity index is 1.35. The lowest BCUT2D eigenvalue weighted by atomic mass is 10.0. The van der Waals surface area contributed by atoms with E-state index in [1.807, 2.05) is 4.90 Å². The van der Waals surface area contributed by atoms with Gasteiger partial charge in [-0.1, -0.05) is 18.2 Å². The number of fused-ring (bicyclic) bond motifs is 3. The summed E-state index contributed by atoms with van der Waals surface area (Å²) >= 11 is 6.12. The Morgan fingerprint density at radius 2 is 1.94 bits per heavy atom. The SMILES string of the molecule is C[C@@H](Nc1nc(Cl)nc2c1CN(C(=O)N1C[C@@H]3C[C@H]1CN3C)C2)c1cccc(C(F)F)c1F. The highest BCUT2D eigenvalue weighted by Crippen LogP contribution is 2.35. The number of aromatic nitrogens is 2. The van der Waals surface area contributed by atoms with Crippen LogP contribution in [0.3, 0.4) is 0 Å². The van der Waals surface area contributed by atoms with E-state index in [-0.39, 0.29) is 22.9 Å². The third-order valence-electron chi connectivity index (χ3n) is 6.90. The monoisotopic (exact) mass is 480 g/mol. The Hall–Kier alpha value is -2.59. The highest BCUT2D eigenvalue weighted by Gasteiger charge is 2.45. The normalized spacial score (nSPS) is 22.9. The molecule has 2 amide bonds. The van der Waals surface area contributed by atoms with Crippen molar-refractivity contribution >= 4 is 23.4 Å². The fourth-order valence-corrected chi connectivity index (χ4v) is 5.30. The van der Waals surface area contributed by atoms with Crippen molar-refractivity contribution < 1.29 is 18.0 Å². The summed E-state index contributed by atoms with van der Waals surface area (Å²) in [4.78, 5) is 27.7. The average molecular weight is 481 g/mol. The molecule has 4 heterocycles. The Morgan fingerprint density at radius 1 is 1.18 bits per heavy atom. The molecular weight excluding hydrogens is 457 g/mol. The third kappa shape index (κ3) is 3.89. The highest BCUT2D eigenvalue weighted by molar-refractivity contribution is 6.28. The van der Waals surface area contributed by atoms with Crippen LogP contribution in [0.2, 0.25) is 5.28 Å². The molecule has 0 unspecified atom stereocenters. The summed E-state index contributed by atoms with van der Waals surface area (Å²) in [6.07, 6.45) is -1.92. The molecule has 0 saturated carbocycles. The number of likely N-dealkylation sites (N-methyl/N-ethyl adjacent to an activating group) is 1. The second-order valence-electron chi connectivity index (χ2n) is 8.96. The maximum atomic E-state index is 14.6. The van der Waals surface area contributed by atoms with Crippen molar-refractivity contribution in [1.29, 1.82) is 0 Å². The smallest absolute Gasteiger partial charge is 0.321 e. The van der Waals surface area contributed by atoms with Gasteiger partial charge in [-0.05, 0) is 32.0 Å². The van der Waals surface area contributed by atoms with E-state index in [0.717, 1.165) is 19.0 Å². The summed E-state index contributed by atoms with van der Waals surface area (Å²) < 4.78 is 40.9. The lowest BCUT2D eigenvalue weighted by Crippen LogP contribution is -2.50. The number of piperazine rings is 1. The van der Waals surface area contributed by atoms with Gasteiger partial charge in [-0.25, -0.2) is 27.9 Å². The summed E-state index contributed by atoms with van der Waals surface area (Å²) in [7, 11) is 2.08. The van der Waals surface area contributed by atoms with Crippen LogP contribution in [0.1, 0.15) is 48.2 Å². The number of nitrogens with zero attached hydrogens (tertiary/aromatic N) is 5. The van der Waals surface area contributed by atoms with Gasteiger partial charge in [0.25, 0.3) is 6.43 Å². The molecule has 1 aromatic carbocycles. The summed E-state index contributed by atoms with van der Waals surface area (Å²) in [6.45, 7) is 3.84. The van der Waals surface area contributed by atoms with E-state index >= 15 is 0 Å². The van der Waals surface area contributed by atoms with Crippen molar-refractivity contribution in [3.05, 3.63) is 51.7 Å². The lowest BCUT2D eigenvalue weighted by molar-refractivity contribution is 0.119. The fraction of sp³-hybridized carbons (Fsp3) is 0.500. The molecule has 2 saturated heterocycles. The van der Waals surface area contributed by atoms with E-state index in [1.165, 1.54) is 12.1 Å². The minimum absolute atomic E-state index is 0.00130. The molecular formula is C22H24ClF3N6O. The van der Waals surface area contributed by atoms with E-state index in [9.17, 15) is 18.0 Å². The number of nitrogens with one attached hydrogen (secondary N) is 1. The first-order chi connectivity index (χ1) is 15.7. The number of carbonyl (C=O) groups excluding carboxylic acids is 1. The number of amides is 2. The van der Waals surface area contributed by atoms with Crippen LogP contribution in [0.25, 0.3) is 0 Å². The first kappa shape index (κ1) is 22.2. The standard InChI is InChI=1S/C22H24ClF3N6O/c1-11(14-4-3-5-15(18(14)24)19(25)26)27-20-16-9-31(10-17(16)28-21(23)29-20)22(33)32-8-12-6-13(32)7-30(12)2/h3-5,11-13,19H,6-10H2,1-2H3,(H,27,28,29)/t11-,12+,13+/m1/s1. The van der Waals surface area contributed by atoms with Gasteiger partial charge >= 0.3 is 6.03 Å². The zero-order valence-electron chi connectivity index (χ0n) is 18.2. The maximum Gasteiger partial charge on any atom is 0.321 e. The van der Waals surface area contributed by atoms with E-state index in [4.69, 9.17) is 11.6 Å². The second-order valence-corrected chi connectivity index (χ2v) is 9.30. The van der Waals surface area contributed by atoms with Gasteiger partial charge in [0.2, 0.25) is 5.28 Å². The van der Waals surface area contributed by atoms with Gasteiger partial charge in [0.05, 0.1) is 30.4 Å². The van der Waals surface area contributed by atoms with Crippen LogP contribution in [0.5, 0.6) is 0 Å². The zero-order valence-corrected chi connectivity index (χ0v) is 19.0. The first-order valence-corrected chi connectivity index (χ1v) is 11.2. The number of rotatable bonds is 4. The predicted octanol–water partition coefficient (Wildman–Crippen LogP) is 4.20. The van der Waals surface area contributed by atoms with E-state index in [0.29, 0.717) is 42.8 Å². The number of alkyl halides is 2. The molecule has 11 heteroatoms. The zero-order chi connectivity index (χ0) is 23.4. The predicted molar refractivity (Wildman–Crippen MR) is 117 cm³/mol. The molecule has 0 aliphatic carbocycles. The van der Waals surface area contributed by atoms with Crippen LogP contribution in [0.4, 0.5) is 23.8 Å². The molecule has 2 aromatic rings. The van der Waals surface area contributed by atoms with E-state index < -0.39 is 23.8 Å². The van der Waals surface area contributed by atoms with Gasteiger partial charge in [-0.15, -0.1) is 0 Å². The van der Waals surface area contributed by atoms with Crippen LogP contribution in [-0.2, 0) is 13.1 Å². The maximum absolute atomic E-state index is 14.6. The number of hydrogen-bond donors (Lipinski definition) is 1. The Bertz CT molecular complexity index is 1100. The molecule has 1 N–H and O–H groups in total. The van der Waals surface area contributed by atoms with E-state index in [1.54, 1.807) is 11.8 Å². The Kier molecular flexibility index (Phi) is 5.60. The van der Waals surface area contributed by atoms with Crippen molar-refractivity contribution in [3.63, 3.8) is 0 Å². The first-order valence-electron chi connectivity index (χ1n) is 10.9. The molecule has 176 valence electrons. The van der Waals surface area contributed by atoms with Crippen LogP contribution >= 0.6 is 11.6 Å². The summed E-state index contributed by atoms with van der Waals surface area (Å²) in [5.74, 6) is -0.576.